The van der Waals surface area contributed by atoms with Gasteiger partial charge in [0.25, 0.3) is 0 Å². The van der Waals surface area contributed by atoms with E-state index in [1.807, 2.05) is 0 Å². The SMILES string of the molecule is CC[C@@H]1CN(P)C[C@@H]1C. The Morgan fingerprint density at radius 3 is 2.44 bits per heavy atom. The lowest BCUT2D eigenvalue weighted by Gasteiger charge is -2.08. The topological polar surface area (TPSA) is 3.24 Å². The molecular weight excluding hydrogens is 129 g/mol. The molecule has 0 aromatic heterocycles. The van der Waals surface area contributed by atoms with Crippen LogP contribution in [0.3, 0.4) is 0 Å². The van der Waals surface area contributed by atoms with Crippen LogP contribution in [0.5, 0.6) is 0 Å². The molecule has 1 heterocycles. The van der Waals surface area contributed by atoms with Gasteiger partial charge in [-0.25, -0.2) is 0 Å². The van der Waals surface area contributed by atoms with E-state index in [1.54, 1.807) is 0 Å². The molecule has 1 rings (SSSR count). The fraction of sp³-hybridized carbons (Fsp3) is 1.00. The van der Waals surface area contributed by atoms with Gasteiger partial charge >= 0.3 is 0 Å². The summed E-state index contributed by atoms with van der Waals surface area (Å²) in [5.74, 6) is 1.86. The van der Waals surface area contributed by atoms with Crippen molar-refractivity contribution in [2.24, 2.45) is 11.8 Å². The van der Waals surface area contributed by atoms with Crippen molar-refractivity contribution in [2.45, 2.75) is 20.3 Å². The van der Waals surface area contributed by atoms with Gasteiger partial charge in [-0.1, -0.05) is 29.7 Å². The lowest BCUT2D eigenvalue weighted by atomic mass is 9.96. The first-order chi connectivity index (χ1) is 4.24. The highest BCUT2D eigenvalue weighted by molar-refractivity contribution is 7.13. The molecule has 1 unspecified atom stereocenters. The molecule has 0 N–H and O–H groups in total. The van der Waals surface area contributed by atoms with Crippen molar-refractivity contribution in [3.63, 3.8) is 0 Å². The van der Waals surface area contributed by atoms with Crippen LogP contribution in [-0.4, -0.2) is 17.8 Å². The van der Waals surface area contributed by atoms with Crippen LogP contribution >= 0.6 is 9.39 Å². The second-order valence-corrected chi connectivity index (χ2v) is 3.83. The largest absolute Gasteiger partial charge is 0.287 e. The summed E-state index contributed by atoms with van der Waals surface area (Å²) in [6.45, 7) is 7.18. The summed E-state index contributed by atoms with van der Waals surface area (Å²) in [7, 11) is 2.78. The summed E-state index contributed by atoms with van der Waals surface area (Å²) in [4.78, 5) is 0. The maximum atomic E-state index is 2.78. The molecule has 0 bridgehead atoms. The van der Waals surface area contributed by atoms with Crippen LogP contribution in [0.4, 0.5) is 0 Å². The average Bonchev–Trinajstić information content (AvgIpc) is 2.10. The summed E-state index contributed by atoms with van der Waals surface area (Å²) < 4.78 is 2.35. The molecule has 0 aliphatic carbocycles. The Morgan fingerprint density at radius 1 is 1.56 bits per heavy atom. The zero-order valence-electron chi connectivity index (χ0n) is 6.30. The van der Waals surface area contributed by atoms with Crippen LogP contribution in [0.1, 0.15) is 20.3 Å². The van der Waals surface area contributed by atoms with Crippen molar-refractivity contribution in [1.82, 2.24) is 4.67 Å². The molecule has 1 saturated heterocycles. The first kappa shape index (κ1) is 7.50. The summed E-state index contributed by atoms with van der Waals surface area (Å²) in [5, 5.41) is 0. The Balaban J connectivity index is 2.38. The zero-order chi connectivity index (χ0) is 6.85. The van der Waals surface area contributed by atoms with Crippen molar-refractivity contribution in [3.8, 4) is 0 Å². The summed E-state index contributed by atoms with van der Waals surface area (Å²) in [6, 6.07) is 0. The molecule has 54 valence electrons. The molecule has 0 amide bonds. The second-order valence-electron chi connectivity index (χ2n) is 3.10. The number of hydrogen-bond donors (Lipinski definition) is 0. The average molecular weight is 145 g/mol. The van der Waals surface area contributed by atoms with Crippen LogP contribution in [-0.2, 0) is 0 Å². The van der Waals surface area contributed by atoms with Crippen molar-refractivity contribution in [1.29, 1.82) is 0 Å². The highest BCUT2D eigenvalue weighted by atomic mass is 31.0. The summed E-state index contributed by atoms with van der Waals surface area (Å²) in [6.07, 6.45) is 1.34. The monoisotopic (exact) mass is 145 g/mol. The third-order valence-corrected chi connectivity index (χ3v) is 2.74. The second kappa shape index (κ2) is 2.98. The fourth-order valence-electron chi connectivity index (χ4n) is 1.61. The quantitative estimate of drug-likeness (QED) is 0.508. The fourth-order valence-corrected chi connectivity index (χ4v) is 2.21. The van der Waals surface area contributed by atoms with Crippen molar-refractivity contribution >= 4 is 9.39 Å². The normalized spacial score (nSPS) is 37.7. The Labute approximate surface area is 60.1 Å². The van der Waals surface area contributed by atoms with E-state index in [-0.39, 0.29) is 0 Å². The van der Waals surface area contributed by atoms with E-state index in [2.05, 4.69) is 27.9 Å². The highest BCUT2D eigenvalue weighted by Gasteiger charge is 2.25. The minimum atomic E-state index is 0.910. The molecule has 0 aromatic carbocycles. The van der Waals surface area contributed by atoms with Gasteiger partial charge in [-0.3, -0.25) is 4.67 Å². The Hall–Kier alpha value is 0.390. The van der Waals surface area contributed by atoms with E-state index < -0.39 is 0 Å². The third-order valence-electron chi connectivity index (χ3n) is 2.32. The van der Waals surface area contributed by atoms with E-state index in [9.17, 15) is 0 Å². The molecule has 9 heavy (non-hydrogen) atoms. The van der Waals surface area contributed by atoms with Gasteiger partial charge in [0, 0.05) is 13.1 Å². The van der Waals surface area contributed by atoms with Crippen molar-refractivity contribution in [2.75, 3.05) is 13.1 Å². The zero-order valence-corrected chi connectivity index (χ0v) is 7.46. The van der Waals surface area contributed by atoms with Gasteiger partial charge in [-0.05, 0) is 11.8 Å². The lowest BCUT2D eigenvalue weighted by Crippen LogP contribution is -2.06. The molecule has 2 heteroatoms. The standard InChI is InChI=1S/C7H16NP/c1-3-7-5-8(9)4-6(7)2/h6-7H,3-5,9H2,1-2H3/t6-,7+/m0/s1. The first-order valence-corrected chi connectivity index (χ1v) is 4.25. The minimum Gasteiger partial charge on any atom is -0.287 e. The van der Waals surface area contributed by atoms with E-state index in [0.29, 0.717) is 0 Å². The van der Waals surface area contributed by atoms with E-state index >= 15 is 0 Å². The summed E-state index contributed by atoms with van der Waals surface area (Å²) in [5.41, 5.74) is 0. The number of rotatable bonds is 1. The molecule has 3 atom stereocenters. The van der Waals surface area contributed by atoms with Gasteiger partial charge < -0.3 is 0 Å². The van der Waals surface area contributed by atoms with Gasteiger partial charge in [-0.15, -0.1) is 0 Å². The van der Waals surface area contributed by atoms with Gasteiger partial charge in [0.1, 0.15) is 0 Å². The molecule has 0 radical (unpaired) electrons. The Bertz CT molecular complexity index is 94.9. The third kappa shape index (κ3) is 1.65. The summed E-state index contributed by atoms with van der Waals surface area (Å²) >= 11 is 0. The van der Waals surface area contributed by atoms with Gasteiger partial charge in [0.2, 0.25) is 0 Å². The lowest BCUT2D eigenvalue weighted by molar-refractivity contribution is 0.439. The van der Waals surface area contributed by atoms with Crippen molar-refractivity contribution < 1.29 is 0 Å². The molecule has 1 aliphatic heterocycles. The van der Waals surface area contributed by atoms with Gasteiger partial charge in [0.05, 0.1) is 0 Å². The molecular formula is C7H16NP. The van der Waals surface area contributed by atoms with E-state index in [0.717, 1.165) is 11.8 Å². The predicted octanol–water partition coefficient (Wildman–Crippen LogP) is 1.75. The van der Waals surface area contributed by atoms with Crippen LogP contribution in [0.25, 0.3) is 0 Å². The van der Waals surface area contributed by atoms with Crippen LogP contribution < -0.4 is 0 Å². The van der Waals surface area contributed by atoms with Crippen LogP contribution in [0.15, 0.2) is 0 Å². The molecule has 1 nitrogen and oxygen atoms in total. The molecule has 0 saturated carbocycles. The predicted molar refractivity (Wildman–Crippen MR) is 44.2 cm³/mol. The van der Waals surface area contributed by atoms with E-state index in [1.165, 1.54) is 19.5 Å². The maximum absolute atomic E-state index is 2.78. The highest BCUT2D eigenvalue weighted by Crippen LogP contribution is 2.27. The van der Waals surface area contributed by atoms with Crippen molar-refractivity contribution in [3.05, 3.63) is 0 Å². The molecule has 0 aromatic rings. The first-order valence-electron chi connectivity index (χ1n) is 3.73. The molecule has 1 fully saturated rings. The number of hydrogen-bond acceptors (Lipinski definition) is 1. The van der Waals surface area contributed by atoms with Gasteiger partial charge in [0.15, 0.2) is 0 Å². The molecule has 1 aliphatic rings. The smallest absolute Gasteiger partial charge is 0.00476 e. The van der Waals surface area contributed by atoms with Crippen LogP contribution in [0, 0.1) is 11.8 Å². The number of nitrogens with zero attached hydrogens (tertiary/aromatic N) is 1. The Kier molecular flexibility index (Phi) is 2.49. The van der Waals surface area contributed by atoms with Crippen LogP contribution in [0.2, 0.25) is 0 Å². The Morgan fingerprint density at radius 2 is 2.22 bits per heavy atom. The molecule has 0 spiro atoms. The minimum absolute atomic E-state index is 0.910. The van der Waals surface area contributed by atoms with E-state index in [4.69, 9.17) is 0 Å². The maximum Gasteiger partial charge on any atom is 0.00476 e. The van der Waals surface area contributed by atoms with Gasteiger partial charge in [-0.2, -0.15) is 0 Å².